The maximum atomic E-state index is 12.9. The summed E-state index contributed by atoms with van der Waals surface area (Å²) in [5, 5.41) is 1.84. The van der Waals surface area contributed by atoms with Crippen LogP contribution in [-0.4, -0.2) is 58.1 Å². The van der Waals surface area contributed by atoms with Crippen LogP contribution in [0.5, 0.6) is 5.88 Å². The number of hydrogen-bond donors (Lipinski definition) is 1. The lowest BCUT2D eigenvalue weighted by atomic mass is 10.0. The molecule has 0 saturated carbocycles. The van der Waals surface area contributed by atoms with Crippen LogP contribution in [0.25, 0.3) is 6.08 Å². The zero-order chi connectivity index (χ0) is 25.4. The molecule has 3 saturated heterocycles. The van der Waals surface area contributed by atoms with Gasteiger partial charge in [-0.25, -0.2) is 4.98 Å². The Balaban J connectivity index is 1.20. The van der Waals surface area contributed by atoms with Gasteiger partial charge in [-0.15, -0.1) is 0 Å². The summed E-state index contributed by atoms with van der Waals surface area (Å²) >= 11 is 0.833. The van der Waals surface area contributed by atoms with Crippen molar-refractivity contribution in [2.75, 3.05) is 31.1 Å². The van der Waals surface area contributed by atoms with E-state index >= 15 is 0 Å². The smallest absolute Gasteiger partial charge is 0.290 e. The second-order valence-electron chi connectivity index (χ2n) is 9.15. The number of imide groups is 1. The van der Waals surface area contributed by atoms with Crippen molar-refractivity contribution < 1.29 is 23.5 Å². The molecule has 3 amide bonds. The third kappa shape index (κ3) is 4.94. The first kappa shape index (κ1) is 23.3. The molecule has 1 N–H and O–H groups in total. The largest absolute Gasteiger partial charge is 0.469 e. The number of carbonyl (C=O) groups is 3. The van der Waals surface area contributed by atoms with Gasteiger partial charge in [0.2, 0.25) is 11.8 Å². The molecule has 0 aliphatic carbocycles. The number of thioether (sulfide) groups is 1. The molecule has 0 bridgehead atoms. The molecular weight excluding hydrogens is 494 g/mol. The number of benzene rings is 1. The van der Waals surface area contributed by atoms with Crippen molar-refractivity contribution in [1.82, 2.24) is 20.2 Å². The Kier molecular flexibility index (Phi) is 6.13. The number of fused-ring (bicyclic) bond motifs is 1. The molecule has 3 aliphatic rings. The van der Waals surface area contributed by atoms with Crippen LogP contribution in [0.2, 0.25) is 0 Å². The van der Waals surface area contributed by atoms with Crippen LogP contribution < -0.4 is 15.0 Å². The van der Waals surface area contributed by atoms with Crippen LogP contribution in [-0.2, 0) is 11.4 Å². The van der Waals surface area contributed by atoms with Gasteiger partial charge in [0.25, 0.3) is 17.1 Å². The van der Waals surface area contributed by atoms with E-state index in [1.54, 1.807) is 30.5 Å². The van der Waals surface area contributed by atoms with Crippen molar-refractivity contribution >= 4 is 40.8 Å². The highest BCUT2D eigenvalue weighted by molar-refractivity contribution is 8.18. The van der Waals surface area contributed by atoms with E-state index in [0.717, 1.165) is 11.8 Å². The minimum atomic E-state index is -0.452. The topological polar surface area (TPSA) is 118 Å². The average molecular weight is 518 g/mol. The standard InChI is InChI=1S/C26H23N5O5S/c32-23-21(37-26(34)29-23)9-19-10-22(36-15-20-7-4-8-35-20)28-25(27-19)31-13-17-11-30(12-18(17)14-31)24(33)16-5-2-1-3-6-16/h1-10,17-18H,11-15H2,(H,29,32,34)/b21-9-. The number of nitrogens with zero attached hydrogens (tertiary/aromatic N) is 4. The fourth-order valence-electron chi connectivity index (χ4n) is 4.90. The average Bonchev–Trinajstić information content (AvgIpc) is 3.68. The van der Waals surface area contributed by atoms with Crippen LogP contribution in [0.15, 0.2) is 64.1 Å². The molecule has 2 atom stereocenters. The lowest BCUT2D eigenvalue weighted by molar-refractivity contribution is -0.115. The summed E-state index contributed by atoms with van der Waals surface area (Å²) in [6.45, 7) is 2.96. The van der Waals surface area contributed by atoms with Crippen molar-refractivity contribution in [1.29, 1.82) is 0 Å². The second-order valence-corrected chi connectivity index (χ2v) is 10.2. The highest BCUT2D eigenvalue weighted by Gasteiger charge is 2.42. The molecule has 0 radical (unpaired) electrons. The van der Waals surface area contributed by atoms with Crippen molar-refractivity contribution in [3.63, 3.8) is 0 Å². The van der Waals surface area contributed by atoms with E-state index in [1.807, 2.05) is 35.2 Å². The van der Waals surface area contributed by atoms with Gasteiger partial charge < -0.3 is 19.0 Å². The maximum absolute atomic E-state index is 12.9. The first-order valence-corrected chi connectivity index (χ1v) is 12.7. The van der Waals surface area contributed by atoms with Crippen molar-refractivity contribution in [2.45, 2.75) is 6.61 Å². The summed E-state index contributed by atoms with van der Waals surface area (Å²) in [6.07, 6.45) is 3.13. The Morgan fingerprint density at radius 2 is 1.86 bits per heavy atom. The van der Waals surface area contributed by atoms with Gasteiger partial charge in [-0.3, -0.25) is 19.7 Å². The monoisotopic (exact) mass is 517 g/mol. The van der Waals surface area contributed by atoms with Crippen molar-refractivity contribution in [2.24, 2.45) is 11.8 Å². The highest BCUT2D eigenvalue weighted by atomic mass is 32.2. The van der Waals surface area contributed by atoms with E-state index in [1.165, 1.54) is 0 Å². The molecule has 1 aromatic carbocycles. The van der Waals surface area contributed by atoms with Gasteiger partial charge in [0, 0.05) is 49.6 Å². The van der Waals surface area contributed by atoms with Crippen molar-refractivity contribution in [3.8, 4) is 5.88 Å². The number of amides is 3. The van der Waals surface area contributed by atoms with Crippen LogP contribution in [0, 0.1) is 11.8 Å². The molecule has 11 heteroatoms. The van der Waals surface area contributed by atoms with Gasteiger partial charge in [0.05, 0.1) is 16.9 Å². The summed E-state index contributed by atoms with van der Waals surface area (Å²) in [6, 6.07) is 14.6. The fraction of sp³-hybridized carbons (Fsp3) is 0.269. The highest BCUT2D eigenvalue weighted by Crippen LogP contribution is 2.34. The molecule has 10 nitrogen and oxygen atoms in total. The van der Waals surface area contributed by atoms with E-state index < -0.39 is 11.1 Å². The summed E-state index contributed by atoms with van der Waals surface area (Å²) in [5.74, 6) is 1.68. The number of nitrogens with one attached hydrogen (secondary N) is 1. The van der Waals surface area contributed by atoms with E-state index in [-0.39, 0.29) is 17.4 Å². The molecule has 37 heavy (non-hydrogen) atoms. The molecule has 2 unspecified atom stereocenters. The van der Waals surface area contributed by atoms with Gasteiger partial charge in [-0.2, -0.15) is 4.98 Å². The first-order chi connectivity index (χ1) is 18.0. The zero-order valence-electron chi connectivity index (χ0n) is 19.7. The number of ether oxygens (including phenoxy) is 1. The molecule has 6 rings (SSSR count). The summed E-state index contributed by atoms with van der Waals surface area (Å²) in [7, 11) is 0. The van der Waals surface area contributed by atoms with Gasteiger partial charge in [-0.05, 0) is 42.1 Å². The molecule has 5 heterocycles. The SMILES string of the molecule is O=C1NC(=O)/C(=C/c2cc(OCc3ccco3)nc(N3CC4CN(C(=O)c5ccccc5)CC4C3)n2)S1. The van der Waals surface area contributed by atoms with E-state index in [2.05, 4.69) is 20.2 Å². The molecule has 2 aromatic heterocycles. The van der Waals surface area contributed by atoms with Crippen LogP contribution in [0.3, 0.4) is 0 Å². The Bertz CT molecular complexity index is 1360. The summed E-state index contributed by atoms with van der Waals surface area (Å²) in [4.78, 5) is 50.1. The molecule has 188 valence electrons. The summed E-state index contributed by atoms with van der Waals surface area (Å²) < 4.78 is 11.2. The van der Waals surface area contributed by atoms with Gasteiger partial charge in [-0.1, -0.05) is 18.2 Å². The number of rotatable bonds is 6. The normalized spacial score (nSPS) is 22.0. The minimum absolute atomic E-state index is 0.0573. The molecule has 3 fully saturated rings. The van der Waals surface area contributed by atoms with Crippen LogP contribution in [0.1, 0.15) is 21.8 Å². The first-order valence-electron chi connectivity index (χ1n) is 11.9. The molecular formula is C26H23N5O5S. The van der Waals surface area contributed by atoms with Gasteiger partial charge >= 0.3 is 0 Å². The lowest BCUT2D eigenvalue weighted by Gasteiger charge is -2.22. The molecule has 3 aromatic rings. The number of furan rings is 1. The van der Waals surface area contributed by atoms with E-state index in [9.17, 15) is 14.4 Å². The van der Waals surface area contributed by atoms with Crippen molar-refractivity contribution in [3.05, 3.63) is 76.7 Å². The second kappa shape index (κ2) is 9.74. The Morgan fingerprint density at radius 1 is 1.08 bits per heavy atom. The Morgan fingerprint density at radius 3 is 2.54 bits per heavy atom. The number of anilines is 1. The Labute approximate surface area is 216 Å². The Hall–Kier alpha value is -4.12. The quantitative estimate of drug-likeness (QED) is 0.492. The predicted molar refractivity (Wildman–Crippen MR) is 136 cm³/mol. The van der Waals surface area contributed by atoms with E-state index in [4.69, 9.17) is 9.15 Å². The van der Waals surface area contributed by atoms with Crippen LogP contribution in [0.4, 0.5) is 10.7 Å². The minimum Gasteiger partial charge on any atom is -0.469 e. The molecule has 3 aliphatic heterocycles. The fourth-order valence-corrected chi connectivity index (χ4v) is 5.57. The van der Waals surface area contributed by atoms with E-state index in [0.29, 0.717) is 66.9 Å². The lowest BCUT2D eigenvalue weighted by Crippen LogP contribution is -2.33. The maximum Gasteiger partial charge on any atom is 0.290 e. The number of hydrogen-bond acceptors (Lipinski definition) is 9. The summed E-state index contributed by atoms with van der Waals surface area (Å²) in [5.41, 5.74) is 1.17. The number of aromatic nitrogens is 2. The molecule has 0 spiro atoms. The van der Waals surface area contributed by atoms with Gasteiger partial charge in [0.15, 0.2) is 0 Å². The third-order valence-electron chi connectivity index (χ3n) is 6.65. The number of carbonyl (C=O) groups excluding carboxylic acids is 3. The predicted octanol–water partition coefficient (Wildman–Crippen LogP) is 3.18. The zero-order valence-corrected chi connectivity index (χ0v) is 20.5. The van der Waals surface area contributed by atoms with Gasteiger partial charge in [0.1, 0.15) is 12.4 Å². The van der Waals surface area contributed by atoms with Crippen LogP contribution >= 0.6 is 11.8 Å². The number of likely N-dealkylation sites (tertiary alicyclic amines) is 1. The third-order valence-corrected chi connectivity index (χ3v) is 7.46.